The minimum absolute atomic E-state index is 0.0248. The van der Waals surface area contributed by atoms with Crippen molar-refractivity contribution in [3.63, 3.8) is 0 Å². The molecule has 3 amide bonds. The zero-order valence-electron chi connectivity index (χ0n) is 20.2. The van der Waals surface area contributed by atoms with E-state index in [2.05, 4.69) is 5.32 Å². The zero-order valence-corrected chi connectivity index (χ0v) is 20.2. The Morgan fingerprint density at radius 2 is 1.48 bits per heavy atom. The third-order valence-electron chi connectivity index (χ3n) is 4.29. The van der Waals surface area contributed by atoms with Crippen LogP contribution in [0.15, 0.2) is 24.3 Å². The second-order valence-corrected chi connectivity index (χ2v) is 9.24. The Morgan fingerprint density at radius 3 is 1.90 bits per heavy atom. The van der Waals surface area contributed by atoms with Gasteiger partial charge in [0.1, 0.15) is 17.4 Å². The number of amides is 3. The zero-order chi connectivity index (χ0) is 23.9. The fraction of sp³-hybridized carbons (Fsp3) is 0.609. The fourth-order valence-electron chi connectivity index (χ4n) is 3.06. The summed E-state index contributed by atoms with van der Waals surface area (Å²) in [7, 11) is 3.20. The summed E-state index contributed by atoms with van der Waals surface area (Å²) in [4.78, 5) is 40.5. The molecule has 174 valence electrons. The van der Waals surface area contributed by atoms with E-state index in [4.69, 9.17) is 9.47 Å². The van der Waals surface area contributed by atoms with E-state index in [-0.39, 0.29) is 24.4 Å². The van der Waals surface area contributed by atoms with Crippen LogP contribution in [0.2, 0.25) is 0 Å². The maximum atomic E-state index is 13.3. The van der Waals surface area contributed by atoms with Gasteiger partial charge in [0.25, 0.3) is 0 Å². The van der Waals surface area contributed by atoms with Crippen LogP contribution in [0.4, 0.5) is 9.59 Å². The summed E-state index contributed by atoms with van der Waals surface area (Å²) in [5.74, 6) is 0.218. The molecule has 0 aliphatic rings. The summed E-state index contributed by atoms with van der Waals surface area (Å²) >= 11 is 0. The molecule has 0 bridgehead atoms. The number of hydrogen-bond acceptors (Lipinski definition) is 5. The second kappa shape index (κ2) is 11.0. The third kappa shape index (κ3) is 8.86. The molecule has 0 radical (unpaired) electrons. The van der Waals surface area contributed by atoms with Gasteiger partial charge in [-0.25, -0.2) is 9.59 Å². The predicted molar refractivity (Wildman–Crippen MR) is 120 cm³/mol. The Kier molecular flexibility index (Phi) is 9.34. The molecule has 31 heavy (non-hydrogen) atoms. The first-order chi connectivity index (χ1) is 14.2. The summed E-state index contributed by atoms with van der Waals surface area (Å²) in [6.07, 6.45) is -0.845. The SMILES string of the molecule is CC(C)N(C(=O)[C@H](Cc1ccc(OC(=O)N(C)C)cc1)NC(=O)OC(C)(C)C)C(C)C. The van der Waals surface area contributed by atoms with Crippen molar-refractivity contribution >= 4 is 18.1 Å². The highest BCUT2D eigenvalue weighted by Crippen LogP contribution is 2.17. The van der Waals surface area contributed by atoms with Crippen molar-refractivity contribution < 1.29 is 23.9 Å². The fourth-order valence-corrected chi connectivity index (χ4v) is 3.06. The lowest BCUT2D eigenvalue weighted by molar-refractivity contribution is -0.137. The van der Waals surface area contributed by atoms with Gasteiger partial charge in [0, 0.05) is 32.6 Å². The Hall–Kier alpha value is -2.77. The number of alkyl carbamates (subject to hydrolysis) is 1. The lowest BCUT2D eigenvalue weighted by atomic mass is 10.0. The van der Waals surface area contributed by atoms with Crippen LogP contribution < -0.4 is 10.1 Å². The molecular formula is C23H37N3O5. The number of carbonyl (C=O) groups excluding carboxylic acids is 3. The highest BCUT2D eigenvalue weighted by Gasteiger charge is 2.31. The molecule has 0 aliphatic heterocycles. The van der Waals surface area contributed by atoms with E-state index in [1.54, 1.807) is 64.0 Å². The maximum Gasteiger partial charge on any atom is 0.414 e. The molecule has 0 fully saturated rings. The monoisotopic (exact) mass is 435 g/mol. The average Bonchev–Trinajstić information content (AvgIpc) is 2.60. The van der Waals surface area contributed by atoms with Crippen LogP contribution in [0, 0.1) is 0 Å². The van der Waals surface area contributed by atoms with Gasteiger partial charge < -0.3 is 24.6 Å². The number of ether oxygens (including phenoxy) is 2. The number of nitrogens with one attached hydrogen (secondary N) is 1. The molecule has 8 heteroatoms. The predicted octanol–water partition coefficient (Wildman–Crippen LogP) is 3.83. The first-order valence-electron chi connectivity index (χ1n) is 10.5. The van der Waals surface area contributed by atoms with E-state index in [9.17, 15) is 14.4 Å². The third-order valence-corrected chi connectivity index (χ3v) is 4.29. The lowest BCUT2D eigenvalue weighted by Gasteiger charge is -2.34. The molecule has 1 atom stereocenters. The molecule has 0 aliphatic carbocycles. The molecule has 0 heterocycles. The summed E-state index contributed by atoms with van der Waals surface area (Å²) in [5, 5.41) is 2.73. The quantitative estimate of drug-likeness (QED) is 0.703. The average molecular weight is 436 g/mol. The van der Waals surface area contributed by atoms with Crippen molar-refractivity contribution in [3.8, 4) is 5.75 Å². The number of hydrogen-bond donors (Lipinski definition) is 1. The van der Waals surface area contributed by atoms with Crippen molar-refractivity contribution in [1.29, 1.82) is 0 Å². The highest BCUT2D eigenvalue weighted by atomic mass is 16.6. The largest absolute Gasteiger partial charge is 0.444 e. The number of carbonyl (C=O) groups is 3. The molecule has 0 saturated heterocycles. The lowest BCUT2D eigenvalue weighted by Crippen LogP contribution is -2.54. The van der Waals surface area contributed by atoms with Gasteiger partial charge >= 0.3 is 12.2 Å². The van der Waals surface area contributed by atoms with Crippen LogP contribution in [0.25, 0.3) is 0 Å². The summed E-state index contributed by atoms with van der Waals surface area (Å²) in [6, 6.07) is 6.01. The summed E-state index contributed by atoms with van der Waals surface area (Å²) < 4.78 is 10.6. The first kappa shape index (κ1) is 26.3. The summed E-state index contributed by atoms with van der Waals surface area (Å²) in [6.45, 7) is 13.1. The van der Waals surface area contributed by atoms with Crippen LogP contribution in [0.3, 0.4) is 0 Å². The van der Waals surface area contributed by atoms with Gasteiger partial charge in [0.15, 0.2) is 0 Å². The van der Waals surface area contributed by atoms with E-state index in [1.807, 2.05) is 27.7 Å². The van der Waals surface area contributed by atoms with E-state index < -0.39 is 23.8 Å². The van der Waals surface area contributed by atoms with E-state index >= 15 is 0 Å². The van der Waals surface area contributed by atoms with Crippen LogP contribution >= 0.6 is 0 Å². The van der Waals surface area contributed by atoms with Crippen molar-refractivity contribution in [2.45, 2.75) is 78.6 Å². The number of benzene rings is 1. The molecule has 0 unspecified atom stereocenters. The van der Waals surface area contributed by atoms with Crippen LogP contribution in [-0.2, 0) is 16.0 Å². The molecule has 1 N–H and O–H groups in total. The van der Waals surface area contributed by atoms with Gasteiger partial charge in [0.05, 0.1) is 0 Å². The Morgan fingerprint density at radius 1 is 0.968 bits per heavy atom. The van der Waals surface area contributed by atoms with Gasteiger partial charge in [-0.15, -0.1) is 0 Å². The topological polar surface area (TPSA) is 88.2 Å². The van der Waals surface area contributed by atoms with Crippen molar-refractivity contribution in [3.05, 3.63) is 29.8 Å². The highest BCUT2D eigenvalue weighted by molar-refractivity contribution is 5.86. The second-order valence-electron chi connectivity index (χ2n) is 9.24. The van der Waals surface area contributed by atoms with Gasteiger partial charge in [-0.05, 0) is 66.2 Å². The van der Waals surface area contributed by atoms with Crippen molar-refractivity contribution in [2.24, 2.45) is 0 Å². The molecule has 8 nitrogen and oxygen atoms in total. The van der Waals surface area contributed by atoms with E-state index in [1.165, 1.54) is 4.90 Å². The first-order valence-corrected chi connectivity index (χ1v) is 10.5. The number of nitrogens with zero attached hydrogens (tertiary/aromatic N) is 2. The van der Waals surface area contributed by atoms with E-state index in [0.29, 0.717) is 5.75 Å². The van der Waals surface area contributed by atoms with Gasteiger partial charge in [-0.3, -0.25) is 4.79 Å². The van der Waals surface area contributed by atoms with Gasteiger partial charge in [0.2, 0.25) is 5.91 Å². The molecule has 1 aromatic rings. The maximum absolute atomic E-state index is 13.3. The molecule has 0 saturated carbocycles. The minimum atomic E-state index is -0.796. The van der Waals surface area contributed by atoms with Crippen LogP contribution in [-0.4, -0.2) is 65.7 Å². The van der Waals surface area contributed by atoms with E-state index in [0.717, 1.165) is 5.56 Å². The van der Waals surface area contributed by atoms with Crippen molar-refractivity contribution in [2.75, 3.05) is 14.1 Å². The summed E-state index contributed by atoms with van der Waals surface area (Å²) in [5.41, 5.74) is 0.136. The molecule has 1 aromatic carbocycles. The van der Waals surface area contributed by atoms with Gasteiger partial charge in [-0.2, -0.15) is 0 Å². The molecular weight excluding hydrogens is 398 g/mol. The Balaban J connectivity index is 3.06. The molecule has 0 spiro atoms. The van der Waals surface area contributed by atoms with Crippen LogP contribution in [0.1, 0.15) is 54.0 Å². The Labute approximate surface area is 185 Å². The Bertz CT molecular complexity index is 743. The standard InChI is InChI=1S/C23H37N3O5/c1-15(2)26(16(3)4)20(27)19(24-21(28)31-23(5,6)7)14-17-10-12-18(13-11-17)30-22(29)25(8)9/h10-13,15-16,19H,14H2,1-9H3,(H,24,28)/t19-/m0/s1. The number of rotatable bonds is 7. The van der Waals surface area contributed by atoms with Crippen LogP contribution in [0.5, 0.6) is 5.75 Å². The smallest absolute Gasteiger partial charge is 0.414 e. The van der Waals surface area contributed by atoms with Gasteiger partial charge in [-0.1, -0.05) is 12.1 Å². The molecule has 1 rings (SSSR count). The minimum Gasteiger partial charge on any atom is -0.444 e. The van der Waals surface area contributed by atoms with Crippen molar-refractivity contribution in [1.82, 2.24) is 15.1 Å². The molecule has 0 aromatic heterocycles. The normalized spacial score (nSPS) is 12.4.